The second-order valence-corrected chi connectivity index (χ2v) is 8.17. The largest absolute Gasteiger partial charge is 0.481 e. The Bertz CT molecular complexity index is 753. The monoisotopic (exact) mass is 365 g/mol. The van der Waals surface area contributed by atoms with Crippen molar-refractivity contribution >= 4 is 22.9 Å². The van der Waals surface area contributed by atoms with E-state index in [0.29, 0.717) is 11.9 Å². The van der Waals surface area contributed by atoms with E-state index >= 15 is 0 Å². The summed E-state index contributed by atoms with van der Waals surface area (Å²) in [6.07, 6.45) is 4.40. The number of fused-ring (bicyclic) bond motifs is 2. The van der Waals surface area contributed by atoms with Gasteiger partial charge >= 0.3 is 0 Å². The highest BCUT2D eigenvalue weighted by Crippen LogP contribution is 2.49. The molecule has 0 bridgehead atoms. The number of ether oxygens (including phenoxy) is 2. The summed E-state index contributed by atoms with van der Waals surface area (Å²) in [6, 6.07) is 4.18. The molecule has 1 fully saturated rings. The molecule has 0 saturated carbocycles. The van der Waals surface area contributed by atoms with Gasteiger partial charge in [-0.2, -0.15) is 4.98 Å². The lowest BCUT2D eigenvalue weighted by molar-refractivity contribution is -0.0961. The van der Waals surface area contributed by atoms with Crippen LogP contribution >= 0.6 is 22.9 Å². The molecular weight excluding hydrogens is 346 g/mol. The number of hydrogen-bond donors (Lipinski definition) is 1. The maximum atomic E-state index is 6.35. The minimum atomic E-state index is -0.298. The molecule has 0 aromatic carbocycles. The highest BCUT2D eigenvalue weighted by atomic mass is 35.5. The normalized spacial score (nSPS) is 29.5. The Morgan fingerprint density at radius 1 is 1.46 bits per heavy atom. The molecule has 4 heterocycles. The number of thiophene rings is 1. The zero-order valence-corrected chi connectivity index (χ0v) is 15.3. The summed E-state index contributed by atoms with van der Waals surface area (Å²) in [4.78, 5) is 10.2. The Kier molecular flexibility index (Phi) is 4.24. The van der Waals surface area contributed by atoms with Gasteiger partial charge in [-0.1, -0.05) is 11.6 Å². The lowest BCUT2D eigenvalue weighted by atomic mass is 9.79. The number of piperidine rings is 1. The lowest BCUT2D eigenvalue weighted by Gasteiger charge is -2.45. The number of hydrogen-bond acceptors (Lipinski definition) is 6. The summed E-state index contributed by atoms with van der Waals surface area (Å²) >= 11 is 7.94. The highest BCUT2D eigenvalue weighted by molar-refractivity contribution is 7.16. The van der Waals surface area contributed by atoms with E-state index in [1.165, 1.54) is 10.4 Å². The van der Waals surface area contributed by atoms with Crippen LogP contribution in [-0.4, -0.2) is 29.7 Å². The van der Waals surface area contributed by atoms with Crippen molar-refractivity contribution in [2.45, 2.75) is 43.9 Å². The predicted octanol–water partition coefficient (Wildman–Crippen LogP) is 3.48. The van der Waals surface area contributed by atoms with Gasteiger partial charge in [-0.25, -0.2) is 4.98 Å². The fourth-order valence-corrected chi connectivity index (χ4v) is 5.33. The number of rotatable bonds is 2. The Morgan fingerprint density at radius 3 is 3.17 bits per heavy atom. The number of aromatic nitrogens is 2. The first-order chi connectivity index (χ1) is 11.6. The third-order valence-corrected chi connectivity index (χ3v) is 6.26. The van der Waals surface area contributed by atoms with E-state index in [1.54, 1.807) is 30.7 Å². The quantitative estimate of drug-likeness (QED) is 0.882. The molecule has 2 aromatic rings. The smallest absolute Gasteiger partial charge is 0.216 e. The maximum absolute atomic E-state index is 6.35. The first kappa shape index (κ1) is 16.3. The van der Waals surface area contributed by atoms with Gasteiger partial charge in [-0.15, -0.1) is 11.3 Å². The van der Waals surface area contributed by atoms with E-state index < -0.39 is 0 Å². The third kappa shape index (κ3) is 2.81. The highest BCUT2D eigenvalue weighted by Gasteiger charge is 2.46. The first-order valence-corrected chi connectivity index (χ1v) is 9.35. The molecule has 2 aliphatic rings. The Labute approximate surface area is 150 Å². The zero-order chi connectivity index (χ0) is 16.7. The van der Waals surface area contributed by atoms with Crippen molar-refractivity contribution in [3.63, 3.8) is 0 Å². The van der Waals surface area contributed by atoms with Crippen LogP contribution in [0.3, 0.4) is 0 Å². The van der Waals surface area contributed by atoms with E-state index in [2.05, 4.69) is 28.3 Å². The molecule has 2 aromatic heterocycles. The van der Waals surface area contributed by atoms with E-state index in [-0.39, 0.29) is 11.6 Å². The van der Waals surface area contributed by atoms with Gasteiger partial charge in [-0.3, -0.25) is 0 Å². The first-order valence-electron chi connectivity index (χ1n) is 8.15. The van der Waals surface area contributed by atoms with Gasteiger partial charge < -0.3 is 14.8 Å². The molecule has 3 atom stereocenters. The van der Waals surface area contributed by atoms with Crippen molar-refractivity contribution < 1.29 is 9.47 Å². The van der Waals surface area contributed by atoms with Crippen LogP contribution in [0.5, 0.6) is 5.88 Å². The van der Waals surface area contributed by atoms with Crippen molar-refractivity contribution in [1.29, 1.82) is 0 Å². The second-order valence-electron chi connectivity index (χ2n) is 6.48. The van der Waals surface area contributed by atoms with Gasteiger partial charge in [0.15, 0.2) is 0 Å². The van der Waals surface area contributed by atoms with Crippen molar-refractivity contribution in [3.05, 3.63) is 38.9 Å². The van der Waals surface area contributed by atoms with E-state index in [4.69, 9.17) is 21.1 Å². The van der Waals surface area contributed by atoms with Crippen LogP contribution in [0.2, 0.25) is 4.34 Å². The van der Waals surface area contributed by atoms with Crippen LogP contribution in [-0.2, 0) is 16.8 Å². The molecule has 0 radical (unpaired) electrons. The molecule has 0 aliphatic carbocycles. The molecule has 1 N–H and O–H groups in total. The molecule has 0 amide bonds. The molecule has 7 heteroatoms. The number of halogens is 1. The van der Waals surface area contributed by atoms with Gasteiger partial charge in [0, 0.05) is 29.6 Å². The van der Waals surface area contributed by atoms with Gasteiger partial charge in [0.2, 0.25) is 5.88 Å². The summed E-state index contributed by atoms with van der Waals surface area (Å²) in [5.41, 5.74) is 1.03. The topological polar surface area (TPSA) is 56.3 Å². The fourth-order valence-electron chi connectivity index (χ4n) is 3.86. The number of nitrogens with one attached hydrogen (secondary N) is 1. The lowest BCUT2D eigenvalue weighted by Crippen LogP contribution is -2.50. The molecule has 1 saturated heterocycles. The summed E-state index contributed by atoms with van der Waals surface area (Å²) in [5, 5.41) is 3.60. The summed E-state index contributed by atoms with van der Waals surface area (Å²) in [6.45, 7) is 2.92. The third-order valence-electron chi connectivity index (χ3n) is 4.77. The Balaban J connectivity index is 1.71. The van der Waals surface area contributed by atoms with E-state index in [1.807, 2.05) is 0 Å². The molecular formula is C17H20ClN3O2S. The fraction of sp³-hybridized carbons (Fsp3) is 0.529. The minimum Gasteiger partial charge on any atom is -0.481 e. The van der Waals surface area contributed by atoms with Crippen LogP contribution in [0.25, 0.3) is 0 Å². The molecule has 5 nitrogen and oxygen atoms in total. The number of nitrogens with zero attached hydrogens (tertiary/aromatic N) is 2. The molecule has 1 spiro atoms. The standard InChI is InChI=1S/C17H20ClN3O2S/c1-10-8-17(15-11(4-6-23-17)7-13(18)24-15)9-12(20-10)16-19-5-3-14(21-16)22-2/h3,5,7,10,12,20H,4,6,8-9H2,1-2H3/t10-,12-,17-/m0/s1. The summed E-state index contributed by atoms with van der Waals surface area (Å²) in [5.74, 6) is 1.33. The van der Waals surface area contributed by atoms with Gasteiger partial charge in [-0.05, 0) is 31.4 Å². The SMILES string of the molecule is COc1ccnc([C@@H]2C[C@]3(C[C@H](C)N2)OCCc2cc(Cl)sc23)n1. The van der Waals surface area contributed by atoms with Crippen molar-refractivity contribution in [3.8, 4) is 5.88 Å². The maximum Gasteiger partial charge on any atom is 0.216 e. The van der Waals surface area contributed by atoms with Crippen LogP contribution in [0, 0.1) is 0 Å². The number of methoxy groups -OCH3 is 1. The van der Waals surface area contributed by atoms with Crippen molar-refractivity contribution in [2.75, 3.05) is 13.7 Å². The van der Waals surface area contributed by atoms with E-state index in [0.717, 1.165) is 36.0 Å². The Morgan fingerprint density at radius 2 is 2.33 bits per heavy atom. The zero-order valence-electron chi connectivity index (χ0n) is 13.7. The predicted molar refractivity (Wildman–Crippen MR) is 93.8 cm³/mol. The average molecular weight is 366 g/mol. The molecule has 2 aliphatic heterocycles. The minimum absolute atomic E-state index is 0.0238. The van der Waals surface area contributed by atoms with Crippen LogP contribution < -0.4 is 10.1 Å². The second kappa shape index (κ2) is 6.26. The van der Waals surface area contributed by atoms with E-state index in [9.17, 15) is 0 Å². The molecule has 0 unspecified atom stereocenters. The summed E-state index contributed by atoms with van der Waals surface area (Å²) < 4.78 is 12.4. The Hall–Kier alpha value is -1.21. The van der Waals surface area contributed by atoms with Crippen LogP contribution in [0.15, 0.2) is 18.3 Å². The van der Waals surface area contributed by atoms with Crippen LogP contribution in [0.4, 0.5) is 0 Å². The van der Waals surface area contributed by atoms with Gasteiger partial charge in [0.25, 0.3) is 0 Å². The van der Waals surface area contributed by atoms with Crippen molar-refractivity contribution in [1.82, 2.24) is 15.3 Å². The molecule has 128 valence electrons. The van der Waals surface area contributed by atoms with Crippen molar-refractivity contribution in [2.24, 2.45) is 0 Å². The average Bonchev–Trinajstić information content (AvgIpc) is 2.96. The van der Waals surface area contributed by atoms with Gasteiger partial charge in [0.1, 0.15) is 11.4 Å². The van der Waals surface area contributed by atoms with Gasteiger partial charge in [0.05, 0.1) is 24.1 Å². The van der Waals surface area contributed by atoms with Crippen LogP contribution in [0.1, 0.15) is 42.1 Å². The molecule has 4 rings (SSSR count). The summed E-state index contributed by atoms with van der Waals surface area (Å²) in [7, 11) is 1.62. The molecule has 24 heavy (non-hydrogen) atoms.